The number of ether oxygens (including phenoxy) is 1. The number of nitrogens with zero attached hydrogens (tertiary/aromatic N) is 2. The van der Waals surface area contributed by atoms with Gasteiger partial charge in [0.05, 0.1) is 7.11 Å². The summed E-state index contributed by atoms with van der Waals surface area (Å²) in [5.74, 6) is 0.683. The monoisotopic (exact) mass is 532 g/mol. The van der Waals surface area contributed by atoms with Crippen LogP contribution in [0.2, 0.25) is 0 Å². The lowest BCUT2D eigenvalue weighted by Gasteiger charge is -2.13. The summed E-state index contributed by atoms with van der Waals surface area (Å²) in [4.78, 5) is 29.3. The lowest BCUT2D eigenvalue weighted by Crippen LogP contribution is -2.38. The standard InChI is InChI=1S/C22H36N4O3.HI/c1-5-23-22(24-15-9-7-6-8-13-20(27)29-4)25-16-14-18-11-10-12-19(17-18)21(28)26(2)3;/h10-12,17H,5-9,13-16H2,1-4H3,(H2,23,24,25);1H. The Labute approximate surface area is 198 Å². The van der Waals surface area contributed by atoms with Crippen molar-refractivity contribution in [3.8, 4) is 0 Å². The molecule has 0 aromatic heterocycles. The summed E-state index contributed by atoms with van der Waals surface area (Å²) in [7, 11) is 4.94. The fourth-order valence-electron chi connectivity index (χ4n) is 2.81. The average Bonchev–Trinajstić information content (AvgIpc) is 2.72. The Morgan fingerprint density at radius 3 is 2.50 bits per heavy atom. The molecule has 0 fully saturated rings. The van der Waals surface area contributed by atoms with Crippen LogP contribution in [0.4, 0.5) is 0 Å². The minimum atomic E-state index is -0.140. The van der Waals surface area contributed by atoms with Crippen LogP contribution in [0.3, 0.4) is 0 Å². The summed E-state index contributed by atoms with van der Waals surface area (Å²) < 4.78 is 4.64. The van der Waals surface area contributed by atoms with E-state index in [0.29, 0.717) is 12.0 Å². The summed E-state index contributed by atoms with van der Waals surface area (Å²) in [6.45, 7) is 4.34. The van der Waals surface area contributed by atoms with Crippen molar-refractivity contribution in [2.24, 2.45) is 4.99 Å². The molecule has 1 amide bonds. The summed E-state index contributed by atoms with van der Waals surface area (Å²) in [5.41, 5.74) is 1.83. The third-order valence-corrected chi connectivity index (χ3v) is 4.42. The molecule has 1 aromatic carbocycles. The van der Waals surface area contributed by atoms with Crippen molar-refractivity contribution in [3.63, 3.8) is 0 Å². The van der Waals surface area contributed by atoms with Crippen LogP contribution in [0.5, 0.6) is 0 Å². The van der Waals surface area contributed by atoms with E-state index < -0.39 is 0 Å². The maximum atomic E-state index is 12.1. The second-order valence-corrected chi connectivity index (χ2v) is 7.08. The highest BCUT2D eigenvalue weighted by Crippen LogP contribution is 2.08. The van der Waals surface area contributed by atoms with Gasteiger partial charge < -0.3 is 20.3 Å². The number of methoxy groups -OCH3 is 1. The number of carbonyl (C=O) groups excluding carboxylic acids is 2. The van der Waals surface area contributed by atoms with Crippen molar-refractivity contribution in [1.29, 1.82) is 0 Å². The number of hydrogen-bond acceptors (Lipinski definition) is 4. The molecule has 0 aliphatic heterocycles. The van der Waals surface area contributed by atoms with E-state index in [-0.39, 0.29) is 35.9 Å². The molecule has 0 aliphatic rings. The Morgan fingerprint density at radius 1 is 1.10 bits per heavy atom. The number of amides is 1. The molecule has 7 nitrogen and oxygen atoms in total. The minimum absolute atomic E-state index is 0. The van der Waals surface area contributed by atoms with E-state index in [9.17, 15) is 9.59 Å². The van der Waals surface area contributed by atoms with Gasteiger partial charge in [-0.2, -0.15) is 0 Å². The Balaban J connectivity index is 0.00000841. The first kappa shape index (κ1) is 28.2. The minimum Gasteiger partial charge on any atom is -0.469 e. The number of rotatable bonds is 12. The third kappa shape index (κ3) is 12.0. The Hall–Kier alpha value is -1.84. The van der Waals surface area contributed by atoms with E-state index in [4.69, 9.17) is 0 Å². The Morgan fingerprint density at radius 2 is 1.83 bits per heavy atom. The smallest absolute Gasteiger partial charge is 0.305 e. The van der Waals surface area contributed by atoms with Crippen LogP contribution in [-0.2, 0) is 16.0 Å². The molecule has 0 aliphatic carbocycles. The second kappa shape index (κ2) is 16.9. The van der Waals surface area contributed by atoms with Gasteiger partial charge in [0, 0.05) is 45.7 Å². The highest BCUT2D eigenvalue weighted by Gasteiger charge is 2.08. The van der Waals surface area contributed by atoms with Gasteiger partial charge >= 0.3 is 5.97 Å². The average molecular weight is 532 g/mol. The summed E-state index contributed by atoms with van der Waals surface area (Å²) in [5, 5.41) is 6.60. The topological polar surface area (TPSA) is 83.0 Å². The van der Waals surface area contributed by atoms with Gasteiger partial charge in [0.2, 0.25) is 0 Å². The number of nitrogens with one attached hydrogen (secondary N) is 2. The summed E-state index contributed by atoms with van der Waals surface area (Å²) in [6, 6.07) is 7.75. The van der Waals surface area contributed by atoms with Gasteiger partial charge in [-0.05, 0) is 43.9 Å². The van der Waals surface area contributed by atoms with Crippen LogP contribution in [0, 0.1) is 0 Å². The number of aliphatic imine (C=N–C) groups is 1. The molecule has 0 saturated carbocycles. The molecule has 1 rings (SSSR count). The second-order valence-electron chi connectivity index (χ2n) is 7.08. The molecule has 0 unspecified atom stereocenters. The van der Waals surface area contributed by atoms with Crippen molar-refractivity contribution in [1.82, 2.24) is 15.5 Å². The molecule has 0 atom stereocenters. The molecule has 1 aromatic rings. The van der Waals surface area contributed by atoms with E-state index in [1.54, 1.807) is 19.0 Å². The van der Waals surface area contributed by atoms with E-state index in [1.807, 2.05) is 31.2 Å². The first-order valence-electron chi connectivity index (χ1n) is 10.4. The number of unbranched alkanes of at least 4 members (excludes halogenated alkanes) is 3. The fraction of sp³-hybridized carbons (Fsp3) is 0.591. The normalized spacial score (nSPS) is 10.7. The number of benzene rings is 1. The summed E-state index contributed by atoms with van der Waals surface area (Å²) in [6.07, 6.45) is 5.22. The first-order chi connectivity index (χ1) is 14.0. The first-order valence-corrected chi connectivity index (χ1v) is 10.4. The maximum absolute atomic E-state index is 12.1. The van der Waals surface area contributed by atoms with Gasteiger partial charge in [0.25, 0.3) is 5.91 Å². The third-order valence-electron chi connectivity index (χ3n) is 4.42. The van der Waals surface area contributed by atoms with Gasteiger partial charge in [0.15, 0.2) is 5.96 Å². The van der Waals surface area contributed by atoms with Crippen LogP contribution in [-0.4, -0.2) is 63.6 Å². The lowest BCUT2D eigenvalue weighted by molar-refractivity contribution is -0.140. The van der Waals surface area contributed by atoms with Gasteiger partial charge in [-0.25, -0.2) is 0 Å². The van der Waals surface area contributed by atoms with Gasteiger partial charge in [-0.1, -0.05) is 25.0 Å². The number of halogens is 1. The maximum Gasteiger partial charge on any atom is 0.305 e. The predicted molar refractivity (Wildman–Crippen MR) is 133 cm³/mol. The number of carbonyl (C=O) groups is 2. The summed E-state index contributed by atoms with van der Waals surface area (Å²) >= 11 is 0. The molecular weight excluding hydrogens is 495 g/mol. The zero-order chi connectivity index (χ0) is 21.5. The van der Waals surface area contributed by atoms with Crippen LogP contribution in [0.1, 0.15) is 54.9 Å². The largest absolute Gasteiger partial charge is 0.469 e. The van der Waals surface area contributed by atoms with Crippen molar-refractivity contribution < 1.29 is 14.3 Å². The van der Waals surface area contributed by atoms with E-state index in [1.165, 1.54) is 7.11 Å². The highest BCUT2D eigenvalue weighted by atomic mass is 127. The molecule has 8 heteroatoms. The Bertz CT molecular complexity index is 666. The van der Waals surface area contributed by atoms with Crippen LogP contribution >= 0.6 is 24.0 Å². The van der Waals surface area contributed by atoms with E-state index in [2.05, 4.69) is 20.4 Å². The van der Waals surface area contributed by atoms with Crippen molar-refractivity contribution in [3.05, 3.63) is 35.4 Å². The number of esters is 1. The molecular formula is C22H37IN4O3. The van der Waals surface area contributed by atoms with Crippen LogP contribution in [0.25, 0.3) is 0 Å². The lowest BCUT2D eigenvalue weighted by atomic mass is 10.1. The molecule has 0 heterocycles. The number of guanidine groups is 1. The number of hydrogen-bond donors (Lipinski definition) is 2. The van der Waals surface area contributed by atoms with Crippen molar-refractivity contribution in [2.75, 3.05) is 40.8 Å². The van der Waals surface area contributed by atoms with E-state index in [0.717, 1.165) is 63.3 Å². The van der Waals surface area contributed by atoms with Gasteiger partial charge in [-0.3, -0.25) is 14.6 Å². The molecule has 0 saturated heterocycles. The van der Waals surface area contributed by atoms with Crippen LogP contribution < -0.4 is 10.6 Å². The quantitative estimate of drug-likeness (QED) is 0.142. The van der Waals surface area contributed by atoms with E-state index >= 15 is 0 Å². The van der Waals surface area contributed by atoms with Gasteiger partial charge in [0.1, 0.15) is 0 Å². The molecule has 0 bridgehead atoms. The SMILES string of the molecule is CCNC(=NCCCCCCC(=O)OC)NCCc1cccc(C(=O)N(C)C)c1.I. The van der Waals surface area contributed by atoms with Gasteiger partial charge in [-0.15, -0.1) is 24.0 Å². The fourth-order valence-corrected chi connectivity index (χ4v) is 2.81. The molecule has 0 radical (unpaired) electrons. The van der Waals surface area contributed by atoms with Crippen molar-refractivity contribution >= 4 is 41.8 Å². The zero-order valence-corrected chi connectivity index (χ0v) is 21.0. The van der Waals surface area contributed by atoms with Crippen molar-refractivity contribution in [2.45, 2.75) is 45.4 Å². The molecule has 30 heavy (non-hydrogen) atoms. The van der Waals surface area contributed by atoms with Crippen LogP contribution in [0.15, 0.2) is 29.3 Å². The molecule has 2 N–H and O–H groups in total. The predicted octanol–water partition coefficient (Wildman–Crippen LogP) is 3.23. The zero-order valence-electron chi connectivity index (χ0n) is 18.7. The Kier molecular flexibility index (Phi) is 15.9. The highest BCUT2D eigenvalue weighted by molar-refractivity contribution is 14.0. The molecule has 170 valence electrons. The molecule has 0 spiro atoms.